The highest BCUT2D eigenvalue weighted by Gasteiger charge is 2.23. The second-order valence-electron chi connectivity index (χ2n) is 5.13. The lowest BCUT2D eigenvalue weighted by Crippen LogP contribution is -2.26. The highest BCUT2D eigenvalue weighted by molar-refractivity contribution is 7.99. The molecule has 0 fully saturated rings. The molecular formula is C19H25NS. The summed E-state index contributed by atoms with van der Waals surface area (Å²) in [5.41, 5.74) is 2.78. The van der Waals surface area contributed by atoms with E-state index in [-0.39, 0.29) is 0 Å². The fraction of sp³-hybridized carbons (Fsp3) is 0.368. The largest absolute Gasteiger partial charge is 0.309 e. The Bertz CT molecular complexity index is 497. The van der Waals surface area contributed by atoms with Gasteiger partial charge in [-0.3, -0.25) is 0 Å². The van der Waals surface area contributed by atoms with Gasteiger partial charge in [0.05, 0.1) is 0 Å². The summed E-state index contributed by atoms with van der Waals surface area (Å²) >= 11 is 2.02. The molecule has 112 valence electrons. The Morgan fingerprint density at radius 1 is 0.857 bits per heavy atom. The van der Waals surface area contributed by atoms with Crippen LogP contribution in [0.3, 0.4) is 0 Å². The van der Waals surface area contributed by atoms with Crippen molar-refractivity contribution in [3.63, 3.8) is 0 Å². The van der Waals surface area contributed by atoms with E-state index < -0.39 is 0 Å². The first-order valence-electron chi connectivity index (χ1n) is 7.81. The van der Waals surface area contributed by atoms with Gasteiger partial charge in [0.1, 0.15) is 0 Å². The maximum atomic E-state index is 3.75. The number of thioether (sulfide) groups is 1. The van der Waals surface area contributed by atoms with E-state index in [0.29, 0.717) is 11.3 Å². The maximum absolute atomic E-state index is 3.75. The third-order valence-corrected chi connectivity index (χ3v) is 4.79. The molecule has 1 nitrogen and oxygen atoms in total. The summed E-state index contributed by atoms with van der Waals surface area (Å²) in [7, 11) is 0. The molecule has 2 aromatic carbocycles. The summed E-state index contributed by atoms with van der Waals surface area (Å²) < 4.78 is 0. The van der Waals surface area contributed by atoms with Crippen LogP contribution in [-0.4, -0.2) is 12.3 Å². The van der Waals surface area contributed by atoms with Gasteiger partial charge in [-0.1, -0.05) is 74.5 Å². The zero-order valence-corrected chi connectivity index (χ0v) is 13.8. The zero-order valence-electron chi connectivity index (χ0n) is 13.0. The van der Waals surface area contributed by atoms with Crippen LogP contribution < -0.4 is 5.32 Å². The SMILES string of the molecule is CCCNC(c1ccccc1)C(SCC)c1ccccc1. The van der Waals surface area contributed by atoms with Gasteiger partial charge in [-0.05, 0) is 29.8 Å². The quantitative estimate of drug-likeness (QED) is 0.717. The average molecular weight is 299 g/mol. The molecule has 0 aliphatic rings. The highest BCUT2D eigenvalue weighted by atomic mass is 32.2. The van der Waals surface area contributed by atoms with Gasteiger partial charge in [0.25, 0.3) is 0 Å². The van der Waals surface area contributed by atoms with Crippen molar-refractivity contribution in [2.24, 2.45) is 0 Å². The van der Waals surface area contributed by atoms with Crippen molar-refractivity contribution in [1.82, 2.24) is 5.32 Å². The summed E-state index contributed by atoms with van der Waals surface area (Å²) in [5, 5.41) is 4.20. The molecule has 0 heterocycles. The number of benzene rings is 2. The van der Waals surface area contributed by atoms with Gasteiger partial charge in [0.2, 0.25) is 0 Å². The van der Waals surface area contributed by atoms with Crippen molar-refractivity contribution in [3.8, 4) is 0 Å². The number of hydrogen-bond donors (Lipinski definition) is 1. The summed E-state index contributed by atoms with van der Waals surface area (Å²) in [6, 6.07) is 22.1. The minimum atomic E-state index is 0.360. The lowest BCUT2D eigenvalue weighted by Gasteiger charge is -2.28. The van der Waals surface area contributed by atoms with Crippen molar-refractivity contribution in [3.05, 3.63) is 71.8 Å². The van der Waals surface area contributed by atoms with Crippen molar-refractivity contribution in [2.45, 2.75) is 31.6 Å². The van der Waals surface area contributed by atoms with Crippen molar-refractivity contribution < 1.29 is 0 Å². The molecule has 0 saturated carbocycles. The van der Waals surface area contributed by atoms with Crippen LogP contribution in [0.25, 0.3) is 0 Å². The van der Waals surface area contributed by atoms with Gasteiger partial charge in [-0.15, -0.1) is 0 Å². The van der Waals surface area contributed by atoms with E-state index in [9.17, 15) is 0 Å². The molecule has 2 heteroatoms. The van der Waals surface area contributed by atoms with Crippen LogP contribution in [0.1, 0.15) is 42.7 Å². The molecule has 2 atom stereocenters. The maximum Gasteiger partial charge on any atom is 0.0492 e. The van der Waals surface area contributed by atoms with Gasteiger partial charge in [-0.2, -0.15) is 11.8 Å². The molecule has 2 unspecified atom stereocenters. The molecule has 0 spiro atoms. The van der Waals surface area contributed by atoms with Crippen molar-refractivity contribution >= 4 is 11.8 Å². The van der Waals surface area contributed by atoms with Gasteiger partial charge < -0.3 is 5.32 Å². The number of nitrogens with one attached hydrogen (secondary N) is 1. The zero-order chi connectivity index (χ0) is 14.9. The van der Waals surface area contributed by atoms with E-state index in [1.54, 1.807) is 0 Å². The van der Waals surface area contributed by atoms with Crippen LogP contribution >= 0.6 is 11.8 Å². The molecular weight excluding hydrogens is 274 g/mol. The Hall–Kier alpha value is -1.25. The third-order valence-electron chi connectivity index (χ3n) is 3.55. The number of hydrogen-bond acceptors (Lipinski definition) is 2. The first-order valence-corrected chi connectivity index (χ1v) is 8.86. The van der Waals surface area contributed by atoms with Crippen molar-refractivity contribution in [2.75, 3.05) is 12.3 Å². The minimum absolute atomic E-state index is 0.360. The van der Waals surface area contributed by atoms with Crippen LogP contribution in [0.4, 0.5) is 0 Å². The summed E-state index contributed by atoms with van der Waals surface area (Å²) in [4.78, 5) is 0. The lowest BCUT2D eigenvalue weighted by molar-refractivity contribution is 0.521. The van der Waals surface area contributed by atoms with E-state index in [1.807, 2.05) is 11.8 Å². The Morgan fingerprint density at radius 2 is 1.43 bits per heavy atom. The van der Waals surface area contributed by atoms with Crippen LogP contribution in [0.2, 0.25) is 0 Å². The topological polar surface area (TPSA) is 12.0 Å². The molecule has 2 aromatic rings. The van der Waals surface area contributed by atoms with E-state index in [0.717, 1.165) is 18.7 Å². The first kappa shape index (κ1) is 16.1. The van der Waals surface area contributed by atoms with E-state index in [1.165, 1.54) is 11.1 Å². The molecule has 21 heavy (non-hydrogen) atoms. The Morgan fingerprint density at radius 3 is 1.95 bits per heavy atom. The predicted molar refractivity (Wildman–Crippen MR) is 94.8 cm³/mol. The second kappa shape index (κ2) is 8.91. The standard InChI is InChI=1S/C19H25NS/c1-3-15-20-18(16-11-7-5-8-12-16)19(21-4-2)17-13-9-6-10-14-17/h5-14,18-20H,3-4,15H2,1-2H3. The molecule has 0 amide bonds. The average Bonchev–Trinajstić information content (AvgIpc) is 2.56. The Balaban J connectivity index is 2.31. The highest BCUT2D eigenvalue weighted by Crippen LogP contribution is 2.39. The first-order chi connectivity index (χ1) is 10.4. The monoisotopic (exact) mass is 299 g/mol. The molecule has 0 aliphatic carbocycles. The normalized spacial score (nSPS) is 13.8. The van der Waals surface area contributed by atoms with Crippen LogP contribution in [0.5, 0.6) is 0 Å². The van der Waals surface area contributed by atoms with Gasteiger partial charge >= 0.3 is 0 Å². The smallest absolute Gasteiger partial charge is 0.0492 e. The lowest BCUT2D eigenvalue weighted by atomic mass is 9.98. The van der Waals surface area contributed by atoms with E-state index in [2.05, 4.69) is 79.8 Å². The minimum Gasteiger partial charge on any atom is -0.309 e. The molecule has 0 aliphatic heterocycles. The van der Waals surface area contributed by atoms with Crippen LogP contribution in [0, 0.1) is 0 Å². The molecule has 0 saturated heterocycles. The Labute approximate surface area is 133 Å². The fourth-order valence-electron chi connectivity index (χ4n) is 2.57. The molecule has 1 N–H and O–H groups in total. The van der Waals surface area contributed by atoms with Gasteiger partial charge in [0, 0.05) is 11.3 Å². The van der Waals surface area contributed by atoms with E-state index >= 15 is 0 Å². The fourth-order valence-corrected chi connectivity index (χ4v) is 3.72. The number of rotatable bonds is 8. The van der Waals surface area contributed by atoms with Crippen molar-refractivity contribution in [1.29, 1.82) is 0 Å². The van der Waals surface area contributed by atoms with Crippen LogP contribution in [0.15, 0.2) is 60.7 Å². The Kier molecular flexibility index (Phi) is 6.84. The van der Waals surface area contributed by atoms with Gasteiger partial charge in [-0.25, -0.2) is 0 Å². The molecule has 2 rings (SSSR count). The summed E-state index contributed by atoms with van der Waals surface area (Å²) in [6.45, 7) is 5.51. The molecule has 0 aromatic heterocycles. The second-order valence-corrected chi connectivity index (χ2v) is 6.55. The summed E-state index contributed by atoms with van der Waals surface area (Å²) in [5.74, 6) is 1.12. The predicted octanol–water partition coefficient (Wildman–Crippen LogP) is 5.22. The van der Waals surface area contributed by atoms with Crippen LogP contribution in [-0.2, 0) is 0 Å². The summed E-state index contributed by atoms with van der Waals surface area (Å²) in [6.07, 6.45) is 1.15. The molecule has 0 radical (unpaired) electrons. The van der Waals surface area contributed by atoms with E-state index in [4.69, 9.17) is 0 Å². The molecule has 0 bridgehead atoms. The third kappa shape index (κ3) is 4.62. The van der Waals surface area contributed by atoms with Gasteiger partial charge in [0.15, 0.2) is 0 Å².